The highest BCUT2D eigenvalue weighted by molar-refractivity contribution is 4.92. The summed E-state index contributed by atoms with van der Waals surface area (Å²) in [7, 11) is 1.74. The van der Waals surface area contributed by atoms with E-state index in [1.54, 1.807) is 7.11 Å². The molecule has 0 aromatic heterocycles. The Kier molecular flexibility index (Phi) is 6.96. The minimum atomic E-state index is 0.0184. The molecule has 0 atom stereocenters. The molecule has 0 saturated heterocycles. The number of rotatable bonds is 7. The fraction of sp³-hybridized carbons (Fsp3) is 1.00. The second kappa shape index (κ2) is 7.77. The van der Waals surface area contributed by atoms with E-state index in [9.17, 15) is 0 Å². The molecule has 0 amide bonds. The van der Waals surface area contributed by atoms with Crippen molar-refractivity contribution < 1.29 is 9.47 Å². The van der Waals surface area contributed by atoms with Crippen LogP contribution >= 0.6 is 0 Å². The third-order valence-electron chi connectivity index (χ3n) is 4.65. The highest BCUT2D eigenvalue weighted by Crippen LogP contribution is 2.42. The van der Waals surface area contributed by atoms with Gasteiger partial charge in [-0.1, -0.05) is 34.6 Å². The smallest absolute Gasteiger partial charge is 0.0807 e. The van der Waals surface area contributed by atoms with Crippen molar-refractivity contribution in [3.63, 3.8) is 0 Å². The second-order valence-corrected chi connectivity index (χ2v) is 7.70. The zero-order valence-electron chi connectivity index (χ0n) is 14.4. The van der Waals surface area contributed by atoms with Crippen molar-refractivity contribution in [1.29, 1.82) is 0 Å². The zero-order chi connectivity index (χ0) is 15.2. The average molecular weight is 285 g/mol. The first-order valence-electron chi connectivity index (χ1n) is 8.15. The van der Waals surface area contributed by atoms with E-state index in [0.29, 0.717) is 24.7 Å². The maximum absolute atomic E-state index is 6.23. The van der Waals surface area contributed by atoms with Gasteiger partial charge in [0, 0.05) is 19.7 Å². The molecular weight excluding hydrogens is 250 g/mol. The molecule has 0 spiro atoms. The lowest BCUT2D eigenvalue weighted by molar-refractivity contribution is -0.0966. The first-order valence-corrected chi connectivity index (χ1v) is 8.15. The lowest BCUT2D eigenvalue weighted by Gasteiger charge is -2.44. The topological polar surface area (TPSA) is 30.5 Å². The monoisotopic (exact) mass is 285 g/mol. The summed E-state index contributed by atoms with van der Waals surface area (Å²) < 4.78 is 11.4. The quantitative estimate of drug-likeness (QED) is 0.725. The van der Waals surface area contributed by atoms with Gasteiger partial charge in [0.2, 0.25) is 0 Å². The largest absolute Gasteiger partial charge is 0.382 e. The van der Waals surface area contributed by atoms with E-state index < -0.39 is 0 Å². The summed E-state index contributed by atoms with van der Waals surface area (Å²) in [6, 6.07) is 0.512. The summed E-state index contributed by atoms with van der Waals surface area (Å²) in [5.74, 6) is 0.820. The van der Waals surface area contributed by atoms with Crippen LogP contribution in [0.2, 0.25) is 0 Å². The van der Waals surface area contributed by atoms with Gasteiger partial charge >= 0.3 is 0 Å². The fourth-order valence-corrected chi connectivity index (χ4v) is 3.11. The third kappa shape index (κ3) is 5.71. The summed E-state index contributed by atoms with van der Waals surface area (Å²) in [5, 5.41) is 3.57. The van der Waals surface area contributed by atoms with Crippen LogP contribution in [-0.4, -0.2) is 38.5 Å². The summed E-state index contributed by atoms with van der Waals surface area (Å²) >= 11 is 0. The van der Waals surface area contributed by atoms with Crippen molar-refractivity contribution >= 4 is 0 Å². The minimum Gasteiger partial charge on any atom is -0.382 e. The van der Waals surface area contributed by atoms with Crippen LogP contribution in [-0.2, 0) is 9.47 Å². The average Bonchev–Trinajstić information content (AvgIpc) is 2.36. The highest BCUT2D eigenvalue weighted by Gasteiger charge is 2.39. The molecule has 0 unspecified atom stereocenters. The predicted molar refractivity (Wildman–Crippen MR) is 85.1 cm³/mol. The number of methoxy groups -OCH3 is 1. The van der Waals surface area contributed by atoms with Crippen LogP contribution in [0.5, 0.6) is 0 Å². The molecule has 0 aliphatic heterocycles. The zero-order valence-corrected chi connectivity index (χ0v) is 14.4. The number of ether oxygens (including phenoxy) is 2. The number of hydrogen-bond donors (Lipinski definition) is 1. The maximum atomic E-state index is 6.23. The maximum Gasteiger partial charge on any atom is 0.0807 e. The van der Waals surface area contributed by atoms with E-state index in [1.165, 1.54) is 25.7 Å². The van der Waals surface area contributed by atoms with Crippen LogP contribution in [0.3, 0.4) is 0 Å². The van der Waals surface area contributed by atoms with E-state index in [0.717, 1.165) is 12.5 Å². The molecule has 3 nitrogen and oxygen atoms in total. The molecule has 3 heteroatoms. The Morgan fingerprint density at radius 1 is 1.15 bits per heavy atom. The summed E-state index contributed by atoms with van der Waals surface area (Å²) in [6.07, 6.45) is 4.88. The predicted octanol–water partition coefficient (Wildman–Crippen LogP) is 3.62. The Bertz CT molecular complexity index is 263. The van der Waals surface area contributed by atoms with Crippen molar-refractivity contribution in [2.75, 3.05) is 26.9 Å². The molecule has 0 aromatic rings. The molecule has 1 aliphatic carbocycles. The van der Waals surface area contributed by atoms with Crippen LogP contribution < -0.4 is 5.32 Å². The Balaban J connectivity index is 2.57. The van der Waals surface area contributed by atoms with Crippen molar-refractivity contribution in [1.82, 2.24) is 5.32 Å². The number of nitrogens with one attached hydrogen (secondary N) is 1. The molecule has 20 heavy (non-hydrogen) atoms. The highest BCUT2D eigenvalue weighted by atomic mass is 16.5. The van der Waals surface area contributed by atoms with Crippen molar-refractivity contribution in [2.45, 2.75) is 71.9 Å². The van der Waals surface area contributed by atoms with Gasteiger partial charge in [-0.15, -0.1) is 0 Å². The van der Waals surface area contributed by atoms with Gasteiger partial charge < -0.3 is 14.8 Å². The molecule has 1 aliphatic rings. The summed E-state index contributed by atoms with van der Waals surface area (Å²) in [4.78, 5) is 0. The van der Waals surface area contributed by atoms with E-state index >= 15 is 0 Å². The molecule has 0 radical (unpaired) electrons. The Hall–Kier alpha value is -0.120. The third-order valence-corrected chi connectivity index (χ3v) is 4.65. The van der Waals surface area contributed by atoms with E-state index in [4.69, 9.17) is 9.47 Å². The van der Waals surface area contributed by atoms with Crippen molar-refractivity contribution in [2.24, 2.45) is 11.3 Å². The van der Waals surface area contributed by atoms with E-state index in [2.05, 4.69) is 39.9 Å². The fourth-order valence-electron chi connectivity index (χ4n) is 3.11. The molecule has 1 N–H and O–H groups in total. The molecule has 1 fully saturated rings. The van der Waals surface area contributed by atoms with Gasteiger partial charge in [0.25, 0.3) is 0 Å². The van der Waals surface area contributed by atoms with Gasteiger partial charge in [0.15, 0.2) is 0 Å². The Morgan fingerprint density at radius 2 is 1.75 bits per heavy atom. The molecule has 1 rings (SSSR count). The normalized spacial score (nSPS) is 28.1. The summed E-state index contributed by atoms with van der Waals surface area (Å²) in [6.45, 7) is 13.8. The van der Waals surface area contributed by atoms with Crippen LogP contribution in [0.4, 0.5) is 0 Å². The molecule has 0 bridgehead atoms. The molecule has 1 saturated carbocycles. The van der Waals surface area contributed by atoms with Crippen LogP contribution in [0.1, 0.15) is 60.3 Å². The van der Waals surface area contributed by atoms with E-state index in [-0.39, 0.29) is 5.60 Å². The standard InChI is InChI=1S/C17H35NO2/c1-14(2)18-13-17(20-12-11-19-6)9-7-15(8-10-17)16(3,4)5/h14-15,18H,7-13H2,1-6H3. The van der Waals surface area contributed by atoms with Gasteiger partial charge in [-0.3, -0.25) is 0 Å². The van der Waals surface area contributed by atoms with Gasteiger partial charge in [-0.05, 0) is 37.0 Å². The van der Waals surface area contributed by atoms with Crippen LogP contribution in [0.15, 0.2) is 0 Å². The van der Waals surface area contributed by atoms with Gasteiger partial charge in [-0.2, -0.15) is 0 Å². The molecule has 120 valence electrons. The molecule has 0 aromatic carbocycles. The first-order chi connectivity index (χ1) is 9.29. The Morgan fingerprint density at radius 3 is 2.20 bits per heavy atom. The van der Waals surface area contributed by atoms with Crippen molar-refractivity contribution in [3.8, 4) is 0 Å². The van der Waals surface area contributed by atoms with Crippen molar-refractivity contribution in [3.05, 3.63) is 0 Å². The Labute approximate surface area is 125 Å². The molecule has 0 heterocycles. The number of hydrogen-bond acceptors (Lipinski definition) is 3. The lowest BCUT2D eigenvalue weighted by Crippen LogP contribution is -2.49. The van der Waals surface area contributed by atoms with Crippen LogP contribution in [0, 0.1) is 11.3 Å². The minimum absolute atomic E-state index is 0.0184. The summed E-state index contributed by atoms with van der Waals surface area (Å²) in [5.41, 5.74) is 0.439. The van der Waals surface area contributed by atoms with Gasteiger partial charge in [0.1, 0.15) is 0 Å². The SMILES string of the molecule is COCCOC1(CNC(C)C)CCC(C(C)(C)C)CC1. The van der Waals surface area contributed by atoms with Crippen LogP contribution in [0.25, 0.3) is 0 Å². The van der Waals surface area contributed by atoms with Gasteiger partial charge in [-0.25, -0.2) is 0 Å². The first kappa shape index (κ1) is 17.9. The van der Waals surface area contributed by atoms with E-state index in [1.807, 2.05) is 0 Å². The lowest BCUT2D eigenvalue weighted by atomic mass is 9.68. The second-order valence-electron chi connectivity index (χ2n) is 7.70. The van der Waals surface area contributed by atoms with Gasteiger partial charge in [0.05, 0.1) is 18.8 Å². The molecular formula is C17H35NO2.